The maximum atomic E-state index is 12.5. The van der Waals surface area contributed by atoms with Gasteiger partial charge in [-0.1, -0.05) is 17.4 Å². The molecule has 1 fully saturated rings. The summed E-state index contributed by atoms with van der Waals surface area (Å²) in [6.07, 6.45) is 11.0. The summed E-state index contributed by atoms with van der Waals surface area (Å²) in [4.78, 5) is 18.6. The molecule has 2 N–H and O–H groups in total. The summed E-state index contributed by atoms with van der Waals surface area (Å²) < 4.78 is 1.02. The largest absolute Gasteiger partial charge is 0.375 e. The van der Waals surface area contributed by atoms with Gasteiger partial charge in [0.2, 0.25) is 5.91 Å². The number of thiazole rings is 1. The van der Waals surface area contributed by atoms with Crippen molar-refractivity contribution < 1.29 is 4.79 Å². The Balaban J connectivity index is 1.62. The van der Waals surface area contributed by atoms with Crippen LogP contribution < -0.4 is 5.73 Å². The zero-order chi connectivity index (χ0) is 13.9. The Hall–Kier alpha value is -1.01. The SMILES string of the molecule is Nc1ncc(SCC(=O)N(C2=CCCCC2)C2CC2)s1. The molecule has 0 aliphatic heterocycles. The minimum Gasteiger partial charge on any atom is -0.375 e. The number of carbonyl (C=O) groups excluding carboxylic acids is 1. The van der Waals surface area contributed by atoms with Gasteiger partial charge in [-0.2, -0.15) is 0 Å². The highest BCUT2D eigenvalue weighted by atomic mass is 32.2. The van der Waals surface area contributed by atoms with Crippen LogP contribution in [-0.4, -0.2) is 27.6 Å². The molecule has 1 amide bonds. The molecule has 4 nitrogen and oxygen atoms in total. The van der Waals surface area contributed by atoms with Gasteiger partial charge in [0.1, 0.15) is 0 Å². The lowest BCUT2D eigenvalue weighted by atomic mass is 10.0. The first-order valence-corrected chi connectivity index (χ1v) is 8.89. The summed E-state index contributed by atoms with van der Waals surface area (Å²) in [5, 5.41) is 0.564. The first kappa shape index (κ1) is 13.9. The second kappa shape index (κ2) is 6.18. The summed E-state index contributed by atoms with van der Waals surface area (Å²) in [5.41, 5.74) is 6.87. The highest BCUT2D eigenvalue weighted by Crippen LogP contribution is 2.35. The minimum absolute atomic E-state index is 0.234. The molecule has 1 saturated carbocycles. The highest BCUT2D eigenvalue weighted by molar-refractivity contribution is 8.01. The van der Waals surface area contributed by atoms with Gasteiger partial charge in [0.05, 0.1) is 16.2 Å². The Labute approximate surface area is 127 Å². The average Bonchev–Trinajstić information content (AvgIpc) is 3.20. The number of anilines is 1. The van der Waals surface area contributed by atoms with E-state index >= 15 is 0 Å². The van der Waals surface area contributed by atoms with Crippen LogP contribution in [0.25, 0.3) is 0 Å². The Morgan fingerprint density at radius 3 is 2.95 bits per heavy atom. The molecular formula is C14H19N3OS2. The van der Waals surface area contributed by atoms with Crippen LogP contribution >= 0.6 is 23.1 Å². The maximum absolute atomic E-state index is 12.5. The predicted octanol–water partition coefficient (Wildman–Crippen LogP) is 3.27. The Kier molecular flexibility index (Phi) is 4.31. The second-order valence-electron chi connectivity index (χ2n) is 5.24. The Bertz CT molecular complexity index is 522. The van der Waals surface area contributed by atoms with E-state index in [9.17, 15) is 4.79 Å². The van der Waals surface area contributed by atoms with Gasteiger partial charge in [0, 0.05) is 11.7 Å². The maximum Gasteiger partial charge on any atom is 0.237 e. The molecule has 0 spiro atoms. The summed E-state index contributed by atoms with van der Waals surface area (Å²) in [7, 11) is 0. The zero-order valence-corrected chi connectivity index (χ0v) is 13.0. The third kappa shape index (κ3) is 3.35. The van der Waals surface area contributed by atoms with Crippen molar-refractivity contribution in [3.63, 3.8) is 0 Å². The fourth-order valence-corrected chi connectivity index (χ4v) is 4.13. The third-order valence-corrected chi connectivity index (χ3v) is 5.60. The second-order valence-corrected chi connectivity index (χ2v) is 7.58. The van der Waals surface area contributed by atoms with Crippen LogP contribution in [0.4, 0.5) is 5.13 Å². The fraction of sp³-hybridized carbons (Fsp3) is 0.571. The average molecular weight is 309 g/mol. The van der Waals surface area contributed by atoms with Crippen LogP contribution in [0.3, 0.4) is 0 Å². The molecule has 0 aromatic carbocycles. The number of hydrogen-bond acceptors (Lipinski definition) is 5. The molecule has 108 valence electrons. The molecule has 0 atom stereocenters. The van der Waals surface area contributed by atoms with E-state index in [-0.39, 0.29) is 5.91 Å². The summed E-state index contributed by atoms with van der Waals surface area (Å²) >= 11 is 2.99. The number of nitrogen functional groups attached to an aromatic ring is 1. The zero-order valence-electron chi connectivity index (χ0n) is 11.4. The number of carbonyl (C=O) groups is 1. The van der Waals surface area contributed by atoms with Gasteiger partial charge < -0.3 is 10.6 Å². The van der Waals surface area contributed by atoms with Crippen molar-refractivity contribution in [1.29, 1.82) is 0 Å². The van der Waals surface area contributed by atoms with Crippen LogP contribution in [0.1, 0.15) is 38.5 Å². The first-order chi connectivity index (χ1) is 9.74. The van der Waals surface area contributed by atoms with E-state index in [4.69, 9.17) is 5.73 Å². The van der Waals surface area contributed by atoms with E-state index in [2.05, 4.69) is 16.0 Å². The van der Waals surface area contributed by atoms with Crippen molar-refractivity contribution in [2.45, 2.75) is 48.8 Å². The van der Waals surface area contributed by atoms with E-state index in [1.54, 1.807) is 18.0 Å². The van der Waals surface area contributed by atoms with Gasteiger partial charge in [0.25, 0.3) is 0 Å². The molecule has 0 saturated heterocycles. The summed E-state index contributed by atoms with van der Waals surface area (Å²) in [5.74, 6) is 0.716. The van der Waals surface area contributed by atoms with Gasteiger partial charge >= 0.3 is 0 Å². The first-order valence-electron chi connectivity index (χ1n) is 7.09. The van der Waals surface area contributed by atoms with E-state index in [1.165, 1.54) is 29.9 Å². The molecule has 1 aromatic rings. The van der Waals surface area contributed by atoms with E-state index < -0.39 is 0 Å². The molecular weight excluding hydrogens is 290 g/mol. The van der Waals surface area contributed by atoms with Gasteiger partial charge in [0.15, 0.2) is 5.13 Å². The van der Waals surface area contributed by atoms with Crippen molar-refractivity contribution >= 4 is 34.1 Å². The lowest BCUT2D eigenvalue weighted by Crippen LogP contribution is -2.34. The molecule has 2 aliphatic rings. The lowest BCUT2D eigenvalue weighted by molar-refractivity contribution is -0.127. The molecule has 1 aromatic heterocycles. The van der Waals surface area contributed by atoms with Crippen molar-refractivity contribution in [2.24, 2.45) is 0 Å². The quantitative estimate of drug-likeness (QED) is 0.848. The topological polar surface area (TPSA) is 59.2 Å². The van der Waals surface area contributed by atoms with Crippen molar-refractivity contribution in [3.8, 4) is 0 Å². The highest BCUT2D eigenvalue weighted by Gasteiger charge is 2.34. The molecule has 0 unspecified atom stereocenters. The molecule has 1 heterocycles. The minimum atomic E-state index is 0.234. The van der Waals surface area contributed by atoms with Crippen LogP contribution in [0.15, 0.2) is 22.2 Å². The number of aromatic nitrogens is 1. The van der Waals surface area contributed by atoms with Gasteiger partial charge in [-0.3, -0.25) is 4.79 Å². The molecule has 2 aliphatic carbocycles. The van der Waals surface area contributed by atoms with Crippen LogP contribution in [-0.2, 0) is 4.79 Å². The van der Waals surface area contributed by atoms with E-state index in [1.807, 2.05) is 0 Å². The van der Waals surface area contributed by atoms with Crippen molar-refractivity contribution in [3.05, 3.63) is 18.0 Å². The number of allylic oxidation sites excluding steroid dienone is 2. The van der Waals surface area contributed by atoms with Gasteiger partial charge in [-0.05, 0) is 38.5 Å². The number of amides is 1. The smallest absolute Gasteiger partial charge is 0.237 e. The monoisotopic (exact) mass is 309 g/mol. The number of nitrogens with two attached hydrogens (primary N) is 1. The third-order valence-electron chi connectivity index (χ3n) is 3.60. The summed E-state index contributed by atoms with van der Waals surface area (Å²) in [6, 6.07) is 0.457. The van der Waals surface area contributed by atoms with Crippen LogP contribution in [0.2, 0.25) is 0 Å². The predicted molar refractivity (Wildman–Crippen MR) is 83.7 cm³/mol. The normalized spacial score (nSPS) is 18.7. The molecule has 0 bridgehead atoms. The number of thioether (sulfide) groups is 1. The summed E-state index contributed by atoms with van der Waals surface area (Å²) in [6.45, 7) is 0. The Morgan fingerprint density at radius 1 is 1.50 bits per heavy atom. The Morgan fingerprint density at radius 2 is 2.35 bits per heavy atom. The molecule has 6 heteroatoms. The van der Waals surface area contributed by atoms with E-state index in [0.717, 1.165) is 29.9 Å². The number of hydrogen-bond donors (Lipinski definition) is 1. The van der Waals surface area contributed by atoms with E-state index in [0.29, 0.717) is 16.9 Å². The van der Waals surface area contributed by atoms with Crippen molar-refractivity contribution in [2.75, 3.05) is 11.5 Å². The fourth-order valence-electron chi connectivity index (χ4n) is 2.51. The van der Waals surface area contributed by atoms with Crippen LogP contribution in [0, 0.1) is 0 Å². The van der Waals surface area contributed by atoms with Gasteiger partial charge in [-0.25, -0.2) is 4.98 Å². The standard InChI is InChI=1S/C14H19N3OS2/c15-14-16-8-13(20-14)19-9-12(18)17(11-6-7-11)10-4-2-1-3-5-10/h4,8,11H,1-3,5-7,9H2,(H2,15,16). The van der Waals surface area contributed by atoms with Gasteiger partial charge in [-0.15, -0.1) is 11.8 Å². The lowest BCUT2D eigenvalue weighted by Gasteiger charge is -2.27. The number of nitrogens with zero attached hydrogens (tertiary/aromatic N) is 2. The molecule has 0 radical (unpaired) electrons. The van der Waals surface area contributed by atoms with Crippen LogP contribution in [0.5, 0.6) is 0 Å². The molecule has 3 rings (SSSR count). The number of rotatable bonds is 5. The van der Waals surface area contributed by atoms with Crippen molar-refractivity contribution in [1.82, 2.24) is 9.88 Å². The molecule has 20 heavy (non-hydrogen) atoms.